The second kappa shape index (κ2) is 8.91. The molecule has 26 heavy (non-hydrogen) atoms. The summed E-state index contributed by atoms with van der Waals surface area (Å²) >= 11 is 1.76. The Hall–Kier alpha value is -2.26. The number of benzene rings is 1. The van der Waals surface area contributed by atoms with E-state index < -0.39 is 5.76 Å². The van der Waals surface area contributed by atoms with E-state index in [4.69, 9.17) is 0 Å². The molecule has 1 unspecified atom stereocenters. The topological polar surface area (TPSA) is 66.7 Å². The number of hydrogen-bond donors (Lipinski definition) is 1. The van der Waals surface area contributed by atoms with Crippen LogP contribution in [0.3, 0.4) is 0 Å². The normalized spacial score (nSPS) is 18.8. The van der Waals surface area contributed by atoms with Crippen LogP contribution < -0.4 is 5.32 Å². The molecule has 0 bridgehead atoms. The van der Waals surface area contributed by atoms with E-state index in [1.807, 2.05) is 12.1 Å². The largest absolute Gasteiger partial charge is 0.303 e. The molecule has 1 N–H and O–H groups in total. The Bertz CT molecular complexity index is 831. The van der Waals surface area contributed by atoms with Gasteiger partial charge in [-0.2, -0.15) is 13.9 Å². The number of hydrogen-bond acceptors (Lipinski definition) is 6. The third kappa shape index (κ3) is 5.37. The molecule has 1 aliphatic heterocycles. The molecule has 2 aromatic rings. The summed E-state index contributed by atoms with van der Waals surface area (Å²) in [7, 11) is 0. The Morgan fingerprint density at radius 2 is 2.19 bits per heavy atom. The van der Waals surface area contributed by atoms with Gasteiger partial charge in [0.1, 0.15) is 0 Å². The van der Waals surface area contributed by atoms with Crippen molar-refractivity contribution in [3.63, 3.8) is 0 Å². The molecule has 2 heterocycles. The van der Waals surface area contributed by atoms with E-state index in [1.165, 1.54) is 18.0 Å². The van der Waals surface area contributed by atoms with Crippen molar-refractivity contribution in [3.8, 4) is 0 Å². The van der Waals surface area contributed by atoms with E-state index in [0.717, 1.165) is 5.56 Å². The van der Waals surface area contributed by atoms with Gasteiger partial charge in [-0.05, 0) is 36.2 Å². The van der Waals surface area contributed by atoms with Crippen molar-refractivity contribution < 1.29 is 13.6 Å². The van der Waals surface area contributed by atoms with E-state index in [0.29, 0.717) is 33.9 Å². The maximum Gasteiger partial charge on any atom is 0.288 e. The van der Waals surface area contributed by atoms with Crippen molar-refractivity contribution in [1.82, 2.24) is 10.3 Å². The minimum absolute atomic E-state index is 0.172. The molecule has 3 rings (SSSR count). The van der Waals surface area contributed by atoms with Gasteiger partial charge in [0.15, 0.2) is 5.17 Å². The first-order valence-corrected chi connectivity index (χ1v) is 9.39. The van der Waals surface area contributed by atoms with Gasteiger partial charge in [-0.25, -0.2) is 0 Å². The second-order valence-corrected chi connectivity index (χ2v) is 7.48. The molecule has 1 saturated heterocycles. The van der Waals surface area contributed by atoms with Crippen molar-refractivity contribution in [2.45, 2.75) is 22.3 Å². The fourth-order valence-corrected chi connectivity index (χ4v) is 3.79. The van der Waals surface area contributed by atoms with Crippen LogP contribution in [0.15, 0.2) is 63.8 Å². The Kier molecular flexibility index (Phi) is 6.35. The van der Waals surface area contributed by atoms with Crippen LogP contribution in [-0.4, -0.2) is 33.3 Å². The van der Waals surface area contributed by atoms with E-state index in [1.54, 1.807) is 36.5 Å². The number of carbonyl (C=O) groups is 1. The number of alkyl halides is 2. The highest BCUT2D eigenvalue weighted by Crippen LogP contribution is 2.28. The zero-order valence-electron chi connectivity index (χ0n) is 13.4. The molecule has 1 aromatic heterocycles. The third-order valence-corrected chi connectivity index (χ3v) is 5.12. The minimum atomic E-state index is -2.47. The quantitative estimate of drug-likeness (QED) is 0.464. The number of amidine groups is 1. The Labute approximate surface area is 157 Å². The molecule has 1 amide bonds. The first-order valence-electron chi connectivity index (χ1n) is 7.63. The number of thioether (sulfide) groups is 2. The lowest BCUT2D eigenvalue weighted by Crippen LogP contribution is -2.25. The number of nitrogens with one attached hydrogen (secondary N) is 1. The summed E-state index contributed by atoms with van der Waals surface area (Å²) in [6, 6.07) is 12.3. The molecule has 1 aromatic carbocycles. The predicted molar refractivity (Wildman–Crippen MR) is 101 cm³/mol. The fourth-order valence-electron chi connectivity index (χ4n) is 2.24. The van der Waals surface area contributed by atoms with Crippen LogP contribution in [0, 0.1) is 0 Å². The van der Waals surface area contributed by atoms with Gasteiger partial charge >= 0.3 is 0 Å². The van der Waals surface area contributed by atoms with E-state index in [2.05, 4.69) is 20.5 Å². The number of carbonyl (C=O) groups excluding carboxylic acids is 1. The molecular formula is C17H14F2N4OS2. The minimum Gasteiger partial charge on any atom is -0.303 e. The van der Waals surface area contributed by atoms with Crippen LogP contribution >= 0.6 is 23.5 Å². The van der Waals surface area contributed by atoms with Gasteiger partial charge < -0.3 is 5.32 Å². The molecule has 134 valence electrons. The van der Waals surface area contributed by atoms with Crippen molar-refractivity contribution in [2.24, 2.45) is 10.2 Å². The summed E-state index contributed by atoms with van der Waals surface area (Å²) in [5, 5.41) is 10.6. The van der Waals surface area contributed by atoms with Crippen LogP contribution in [0.4, 0.5) is 8.78 Å². The average molecular weight is 392 g/mol. The molecule has 1 atom stereocenters. The summed E-state index contributed by atoms with van der Waals surface area (Å²) < 4.78 is 24.9. The zero-order chi connectivity index (χ0) is 18.4. The highest BCUT2D eigenvalue weighted by atomic mass is 32.2. The standard InChI is InChI=1S/C17H14F2N4OS2/c18-16(19)25-13-6-3-4-11(8-13)9-14-15(24)22-17(26-14)23-21-10-12-5-1-2-7-20-12/h1-8,10,14,16H,9H2,(H,22,23,24). The molecule has 0 radical (unpaired) electrons. The van der Waals surface area contributed by atoms with E-state index in [9.17, 15) is 13.6 Å². The number of halogens is 2. The number of nitrogens with zero attached hydrogens (tertiary/aromatic N) is 3. The Morgan fingerprint density at radius 3 is 2.96 bits per heavy atom. The smallest absolute Gasteiger partial charge is 0.288 e. The first kappa shape index (κ1) is 18.5. The second-order valence-electron chi connectivity index (χ2n) is 5.23. The monoisotopic (exact) mass is 392 g/mol. The van der Waals surface area contributed by atoms with Gasteiger partial charge in [-0.3, -0.25) is 9.78 Å². The maximum absolute atomic E-state index is 12.5. The molecule has 9 heteroatoms. The van der Waals surface area contributed by atoms with Gasteiger partial charge in [0.25, 0.3) is 5.76 Å². The van der Waals surface area contributed by atoms with Gasteiger partial charge in [0.2, 0.25) is 5.91 Å². The predicted octanol–water partition coefficient (Wildman–Crippen LogP) is 3.56. The van der Waals surface area contributed by atoms with Crippen LogP contribution in [-0.2, 0) is 11.2 Å². The van der Waals surface area contributed by atoms with Crippen molar-refractivity contribution in [3.05, 3.63) is 59.9 Å². The van der Waals surface area contributed by atoms with Crippen LogP contribution in [0.25, 0.3) is 0 Å². The lowest BCUT2D eigenvalue weighted by Gasteiger charge is -2.07. The van der Waals surface area contributed by atoms with Gasteiger partial charge in [-0.15, -0.1) is 5.10 Å². The molecular weight excluding hydrogens is 378 g/mol. The van der Waals surface area contributed by atoms with Crippen molar-refractivity contribution in [1.29, 1.82) is 0 Å². The number of aromatic nitrogens is 1. The van der Waals surface area contributed by atoms with Crippen LogP contribution in [0.2, 0.25) is 0 Å². The van der Waals surface area contributed by atoms with Crippen molar-refractivity contribution in [2.75, 3.05) is 0 Å². The third-order valence-electron chi connectivity index (χ3n) is 3.35. The first-order chi connectivity index (χ1) is 12.6. The SMILES string of the molecule is O=C1NC(=NN=Cc2ccccn2)SC1Cc1cccc(SC(F)F)c1. The van der Waals surface area contributed by atoms with Gasteiger partial charge in [-0.1, -0.05) is 41.7 Å². The number of amides is 1. The maximum atomic E-state index is 12.5. The Balaban J connectivity index is 1.61. The molecule has 1 fully saturated rings. The zero-order valence-corrected chi connectivity index (χ0v) is 15.0. The van der Waals surface area contributed by atoms with Crippen molar-refractivity contribution >= 4 is 40.8 Å². The summed E-state index contributed by atoms with van der Waals surface area (Å²) in [6.07, 6.45) is 3.58. The lowest BCUT2D eigenvalue weighted by atomic mass is 10.1. The number of rotatable bonds is 6. The van der Waals surface area contributed by atoms with E-state index in [-0.39, 0.29) is 11.2 Å². The van der Waals surface area contributed by atoms with Crippen LogP contribution in [0.5, 0.6) is 0 Å². The molecule has 0 saturated carbocycles. The molecule has 5 nitrogen and oxygen atoms in total. The highest BCUT2D eigenvalue weighted by molar-refractivity contribution is 8.15. The fraction of sp³-hybridized carbons (Fsp3) is 0.176. The lowest BCUT2D eigenvalue weighted by molar-refractivity contribution is -0.118. The average Bonchev–Trinajstić information content (AvgIpc) is 2.95. The summed E-state index contributed by atoms with van der Waals surface area (Å²) in [4.78, 5) is 16.7. The van der Waals surface area contributed by atoms with Gasteiger partial charge in [0.05, 0.1) is 17.2 Å². The molecule has 0 aliphatic carbocycles. The molecule has 1 aliphatic rings. The van der Waals surface area contributed by atoms with Crippen LogP contribution in [0.1, 0.15) is 11.3 Å². The summed E-state index contributed by atoms with van der Waals surface area (Å²) in [5.74, 6) is -2.64. The van der Waals surface area contributed by atoms with Gasteiger partial charge in [0, 0.05) is 11.1 Å². The summed E-state index contributed by atoms with van der Waals surface area (Å²) in [5.41, 5.74) is 1.48. The molecule has 0 spiro atoms. The number of pyridine rings is 1. The highest BCUT2D eigenvalue weighted by Gasteiger charge is 2.30. The summed E-state index contributed by atoms with van der Waals surface area (Å²) in [6.45, 7) is 0. The van der Waals surface area contributed by atoms with E-state index >= 15 is 0 Å². The Morgan fingerprint density at radius 1 is 1.31 bits per heavy atom.